The molecule has 2 atom stereocenters. The number of fused-ring (bicyclic) bond motifs is 1. The van der Waals surface area contributed by atoms with Gasteiger partial charge in [0.05, 0.1) is 28.8 Å². The Hall–Kier alpha value is -5.17. The van der Waals surface area contributed by atoms with Crippen molar-refractivity contribution in [2.45, 2.75) is 92.9 Å². The van der Waals surface area contributed by atoms with Crippen molar-refractivity contribution >= 4 is 39.5 Å². The van der Waals surface area contributed by atoms with Gasteiger partial charge in [-0.05, 0) is 138 Å². The fourth-order valence-electron chi connectivity index (χ4n) is 6.93. The van der Waals surface area contributed by atoms with Crippen molar-refractivity contribution in [1.29, 1.82) is 15.9 Å². The Morgan fingerprint density at radius 2 is 1.01 bits per heavy atom. The number of nitriles is 2. The summed E-state index contributed by atoms with van der Waals surface area (Å²) in [6.07, 6.45) is 1.83. The predicted octanol–water partition coefficient (Wildman–Crippen LogP) is 15.8. The van der Waals surface area contributed by atoms with Gasteiger partial charge in [0.2, 0.25) is 0 Å². The molecule has 0 fully saturated rings. The number of nitrogens with zero attached hydrogens (tertiary/aromatic N) is 5. The second-order valence-corrected chi connectivity index (χ2v) is 19.0. The van der Waals surface area contributed by atoms with Gasteiger partial charge in [-0.3, -0.25) is 9.59 Å². The average Bonchev–Trinajstić information content (AvgIpc) is 3.62. The normalized spacial score (nSPS) is 11.1. The van der Waals surface area contributed by atoms with Crippen LogP contribution in [0.5, 0.6) is 0 Å². The monoisotopic (exact) mass is 1240 g/mol. The van der Waals surface area contributed by atoms with E-state index in [0.29, 0.717) is 11.4 Å². The second-order valence-electron chi connectivity index (χ2n) is 17.6. The standard InChI is InChI=1S/C12H17NO.C10H10BrN.C10H11N2.C10H13NO.C10H11N.C8H8O2.2CH3.H2N.2Y/c1-5-10-8-9(2)6-7-11(10)12(14)13(3)4;1-7-3-4-9(6-12)10(5-7)8(2)11;1-6-3-4-8-9(5-6)7(2)12-10(8)11;1-8-4-6-9(7-5-8)10(12)11(2)3;1-3-9-6-8(2)4-5-10(9)7-11;1-6-2-4-7(5-3-6)8(9)10;;;;;/h6-8H,5H2,1-4H3;3-5,8H,1-2H3;3-5,7H,1-2H3,(H-,11,12);4-7H,1-3H3;4-6H,3H2,1-2H3;2-5H,1H3,(H,9,10);2*1H3;1H2;;/q;;-1;;;;3*-1;;. The number of carbonyl (C=O) groups excluding carboxylic acids is 2. The van der Waals surface area contributed by atoms with E-state index in [0.717, 1.165) is 62.9 Å². The quantitative estimate of drug-likeness (QED) is 0.123. The van der Waals surface area contributed by atoms with E-state index in [1.807, 2.05) is 127 Å². The van der Waals surface area contributed by atoms with E-state index < -0.39 is 5.97 Å². The Morgan fingerprint density at radius 3 is 1.45 bits per heavy atom. The number of benzene rings is 6. The number of amidine groups is 1. The number of rotatable bonds is 6. The molecular weight excluding hydrogens is 1160 g/mol. The van der Waals surface area contributed by atoms with Crippen LogP contribution in [0.2, 0.25) is 0 Å². The van der Waals surface area contributed by atoms with E-state index in [9.17, 15) is 14.4 Å². The smallest absolute Gasteiger partial charge is 0.335 e. The van der Waals surface area contributed by atoms with Crippen molar-refractivity contribution in [3.8, 4) is 12.1 Å². The van der Waals surface area contributed by atoms with Gasteiger partial charge < -0.3 is 46.6 Å². The first kappa shape index (κ1) is 77.3. The van der Waals surface area contributed by atoms with Crippen LogP contribution in [0.25, 0.3) is 11.5 Å². The zero-order valence-electron chi connectivity index (χ0n) is 47.6. The minimum absolute atomic E-state index is 0. The third-order valence-electron chi connectivity index (χ3n) is 11.0. The third kappa shape index (κ3) is 25.8. The summed E-state index contributed by atoms with van der Waals surface area (Å²) < 4.78 is 0. The topological polar surface area (TPSA) is 197 Å². The first-order chi connectivity index (χ1) is 33.5. The number of hydrogen-bond donors (Lipinski definition) is 2. The van der Waals surface area contributed by atoms with Gasteiger partial charge in [-0.1, -0.05) is 155 Å². The number of amides is 2. The molecule has 2 unspecified atom stereocenters. The molecule has 0 spiro atoms. The summed E-state index contributed by atoms with van der Waals surface area (Å²) in [5, 5.41) is 37.7. The zero-order chi connectivity index (χ0) is 53.5. The second kappa shape index (κ2) is 39.2. The van der Waals surface area contributed by atoms with Gasteiger partial charge in [0.15, 0.2) is 0 Å². The summed E-state index contributed by atoms with van der Waals surface area (Å²) in [5.41, 5.74) is 16.1. The van der Waals surface area contributed by atoms with Crippen molar-refractivity contribution in [3.05, 3.63) is 237 Å². The maximum Gasteiger partial charge on any atom is 0.335 e. The molecule has 0 saturated heterocycles. The first-order valence-corrected chi connectivity index (χ1v) is 24.3. The number of hydrogen-bond acceptors (Lipinski definition) is 6. The molecule has 1 heterocycles. The van der Waals surface area contributed by atoms with Crippen molar-refractivity contribution < 1.29 is 84.9 Å². The Morgan fingerprint density at radius 1 is 0.618 bits per heavy atom. The molecule has 0 aliphatic carbocycles. The molecule has 76 heavy (non-hydrogen) atoms. The molecule has 6 aromatic carbocycles. The van der Waals surface area contributed by atoms with Crippen LogP contribution in [-0.2, 0) is 78.3 Å². The summed E-state index contributed by atoms with van der Waals surface area (Å²) in [4.78, 5) is 36.9. The van der Waals surface area contributed by atoms with Crippen molar-refractivity contribution in [2.75, 3.05) is 28.2 Å². The molecule has 0 bridgehead atoms. The molecular formula is C62H78BrN7O4Y2-4. The largest absolute Gasteiger partial charge is 0.693 e. The summed E-state index contributed by atoms with van der Waals surface area (Å²) in [7, 11) is 7.06. The summed E-state index contributed by atoms with van der Waals surface area (Å²) in [5.74, 6) is -0.311. The molecule has 402 valence electrons. The molecule has 2 radical (unpaired) electrons. The Labute approximate surface area is 515 Å². The molecule has 11 nitrogen and oxygen atoms in total. The number of aromatic carboxylic acids is 1. The average molecular weight is 1240 g/mol. The summed E-state index contributed by atoms with van der Waals surface area (Å²) >= 11 is 3.46. The maximum atomic E-state index is 11.8. The van der Waals surface area contributed by atoms with Gasteiger partial charge in [-0.2, -0.15) is 10.5 Å². The molecule has 0 saturated carbocycles. The molecule has 6 aromatic rings. The number of alkyl halides is 1. The van der Waals surface area contributed by atoms with E-state index in [1.54, 1.807) is 62.3 Å². The SMILES string of the molecule is CCc1cc(C)ccc1C#N.CCc1cc(C)ccc1C(=O)N(C)C.Cc1ccc(C#N)c(C(C)Br)c1.Cc1ccc(C(=O)N(C)C)cc1.Cc1ccc(C(=O)O)cc1.Cc1ccc2c(c1)C(C)[N-]C2=N.[CH3-].[CH3-].[NH2-].[Y].[Y]. The van der Waals surface area contributed by atoms with Gasteiger partial charge in [0, 0.05) is 110 Å². The first-order valence-electron chi connectivity index (χ1n) is 23.4. The van der Waals surface area contributed by atoms with Gasteiger partial charge in [0.1, 0.15) is 0 Å². The minimum Gasteiger partial charge on any atom is -0.693 e. The number of carboxylic acid groups (broad SMARTS) is 1. The fraction of sp³-hybridized carbons (Fsp3) is 0.290. The van der Waals surface area contributed by atoms with Crippen molar-refractivity contribution in [3.63, 3.8) is 0 Å². The van der Waals surface area contributed by atoms with Crippen LogP contribution in [0.1, 0.15) is 142 Å². The Balaban J connectivity index is -0.000000405. The van der Waals surface area contributed by atoms with Crippen LogP contribution in [-0.4, -0.2) is 66.7 Å². The van der Waals surface area contributed by atoms with Crippen LogP contribution in [0.4, 0.5) is 0 Å². The van der Waals surface area contributed by atoms with Gasteiger partial charge >= 0.3 is 5.97 Å². The van der Waals surface area contributed by atoms with E-state index >= 15 is 0 Å². The number of aryl methyl sites for hydroxylation is 8. The summed E-state index contributed by atoms with van der Waals surface area (Å²) in [6.45, 7) is 20.3. The summed E-state index contributed by atoms with van der Waals surface area (Å²) in [6, 6.07) is 42.7. The minimum atomic E-state index is -0.875. The number of nitrogens with two attached hydrogens (primary N) is 1. The number of halogens is 1. The van der Waals surface area contributed by atoms with Crippen LogP contribution in [0, 0.1) is 84.5 Å². The number of nitrogens with one attached hydrogen (secondary N) is 1. The molecule has 4 N–H and O–H groups in total. The van der Waals surface area contributed by atoms with Crippen molar-refractivity contribution in [1.82, 2.24) is 9.80 Å². The Bertz CT molecular complexity index is 2840. The van der Waals surface area contributed by atoms with Crippen LogP contribution in [0.3, 0.4) is 0 Å². The molecule has 2 amide bonds. The van der Waals surface area contributed by atoms with Crippen LogP contribution in [0.15, 0.2) is 121 Å². The maximum absolute atomic E-state index is 11.8. The van der Waals surface area contributed by atoms with Crippen LogP contribution < -0.4 is 0 Å². The molecule has 1 aliphatic rings. The Kier molecular flexibility index (Phi) is 39.9. The molecule has 14 heteroatoms. The van der Waals surface area contributed by atoms with Gasteiger partial charge in [-0.15, -0.1) is 0 Å². The predicted molar refractivity (Wildman–Crippen MR) is 312 cm³/mol. The third-order valence-corrected chi connectivity index (χ3v) is 11.5. The molecule has 7 rings (SSSR count). The van der Waals surface area contributed by atoms with E-state index in [4.69, 9.17) is 21.0 Å². The number of carboxylic acids is 1. The van der Waals surface area contributed by atoms with E-state index in [2.05, 4.69) is 72.4 Å². The van der Waals surface area contributed by atoms with E-state index in [1.165, 1.54) is 33.4 Å². The molecule has 1 aliphatic heterocycles. The fourth-order valence-corrected chi connectivity index (χ4v) is 7.31. The van der Waals surface area contributed by atoms with Crippen LogP contribution >= 0.6 is 15.9 Å². The van der Waals surface area contributed by atoms with Crippen molar-refractivity contribution in [2.24, 2.45) is 0 Å². The van der Waals surface area contributed by atoms with E-state index in [-0.39, 0.29) is 109 Å². The zero-order valence-corrected chi connectivity index (χ0v) is 54.9. The number of carbonyl (C=O) groups is 3. The van der Waals surface area contributed by atoms with Gasteiger partial charge in [0.25, 0.3) is 11.8 Å². The molecule has 0 aromatic heterocycles. The van der Waals surface area contributed by atoms with Gasteiger partial charge in [-0.25, -0.2) is 4.79 Å².